The summed E-state index contributed by atoms with van der Waals surface area (Å²) < 4.78 is 77.5. The average molecular weight is 480 g/mol. The van der Waals surface area contributed by atoms with Gasteiger partial charge in [0.05, 0.1) is 21.7 Å². The maximum Gasteiger partial charge on any atom is 0.418 e. The van der Waals surface area contributed by atoms with Crippen LogP contribution in [0, 0.1) is 5.82 Å². The third-order valence-electron chi connectivity index (χ3n) is 4.49. The van der Waals surface area contributed by atoms with E-state index in [4.69, 9.17) is 0 Å². The Morgan fingerprint density at radius 1 is 0.848 bits per heavy atom. The standard InChI is InChI=1S/C22H16F4N2O4S/c1-33(31,32)15-9-6-13(7-10-15)20(29)28-19-11-8-14(12-17(19)22(24,25)26)27-21(30)16-4-2-3-5-18(16)23/h2-12H,1H3,(H,27,30)(H,28,29). The van der Waals surface area contributed by atoms with Gasteiger partial charge < -0.3 is 10.6 Å². The molecule has 0 heterocycles. The number of carbonyl (C=O) groups excluding carboxylic acids is 2. The zero-order valence-corrected chi connectivity index (χ0v) is 17.7. The van der Waals surface area contributed by atoms with E-state index in [0.29, 0.717) is 6.07 Å². The Balaban J connectivity index is 1.86. The van der Waals surface area contributed by atoms with Gasteiger partial charge in [-0.3, -0.25) is 9.59 Å². The maximum absolute atomic E-state index is 13.7. The fourth-order valence-electron chi connectivity index (χ4n) is 2.86. The SMILES string of the molecule is CS(=O)(=O)c1ccc(C(=O)Nc2ccc(NC(=O)c3ccccc3F)cc2C(F)(F)F)cc1. The van der Waals surface area contributed by atoms with Gasteiger partial charge in [0.15, 0.2) is 9.84 Å². The summed E-state index contributed by atoms with van der Waals surface area (Å²) in [6, 6.07) is 12.3. The lowest BCUT2D eigenvalue weighted by Crippen LogP contribution is -2.18. The number of benzene rings is 3. The van der Waals surface area contributed by atoms with Crippen molar-refractivity contribution < 1.29 is 35.6 Å². The van der Waals surface area contributed by atoms with Crippen molar-refractivity contribution in [3.63, 3.8) is 0 Å². The summed E-state index contributed by atoms with van der Waals surface area (Å²) in [5.41, 5.74) is -2.49. The Labute approximate surface area is 186 Å². The molecule has 0 aliphatic heterocycles. The van der Waals surface area contributed by atoms with E-state index in [1.54, 1.807) is 0 Å². The predicted molar refractivity (Wildman–Crippen MR) is 113 cm³/mol. The van der Waals surface area contributed by atoms with Crippen molar-refractivity contribution in [1.82, 2.24) is 0 Å². The molecule has 2 amide bonds. The molecule has 0 aromatic heterocycles. The molecule has 0 fully saturated rings. The first-order valence-electron chi connectivity index (χ1n) is 9.25. The second-order valence-corrected chi connectivity index (χ2v) is 8.96. The predicted octanol–water partition coefficient (Wildman–Crippen LogP) is 4.75. The molecule has 6 nitrogen and oxygen atoms in total. The average Bonchev–Trinajstić information content (AvgIpc) is 2.73. The van der Waals surface area contributed by atoms with Crippen LogP contribution in [0.3, 0.4) is 0 Å². The third kappa shape index (κ3) is 5.75. The highest BCUT2D eigenvalue weighted by atomic mass is 32.2. The van der Waals surface area contributed by atoms with E-state index in [0.717, 1.165) is 36.6 Å². The van der Waals surface area contributed by atoms with Crippen LogP contribution in [-0.2, 0) is 16.0 Å². The molecule has 11 heteroatoms. The van der Waals surface area contributed by atoms with E-state index in [9.17, 15) is 35.6 Å². The molecular formula is C22H16F4N2O4S. The minimum atomic E-state index is -4.89. The molecule has 0 aliphatic rings. The van der Waals surface area contributed by atoms with E-state index >= 15 is 0 Å². The number of halogens is 4. The van der Waals surface area contributed by atoms with Crippen molar-refractivity contribution in [3.05, 3.63) is 89.2 Å². The van der Waals surface area contributed by atoms with E-state index in [-0.39, 0.29) is 21.7 Å². The van der Waals surface area contributed by atoms with Crippen LogP contribution in [0.5, 0.6) is 0 Å². The molecular weight excluding hydrogens is 464 g/mol. The van der Waals surface area contributed by atoms with E-state index in [1.165, 1.54) is 30.3 Å². The van der Waals surface area contributed by atoms with E-state index in [1.807, 2.05) is 0 Å². The molecule has 0 bridgehead atoms. The van der Waals surface area contributed by atoms with Crippen molar-refractivity contribution in [3.8, 4) is 0 Å². The summed E-state index contributed by atoms with van der Waals surface area (Å²) >= 11 is 0. The number of amides is 2. The fourth-order valence-corrected chi connectivity index (χ4v) is 3.49. The molecule has 0 atom stereocenters. The Kier molecular flexibility index (Phi) is 6.54. The molecule has 0 saturated carbocycles. The summed E-state index contributed by atoms with van der Waals surface area (Å²) in [6.07, 6.45) is -3.91. The summed E-state index contributed by atoms with van der Waals surface area (Å²) in [5.74, 6) is -2.68. The van der Waals surface area contributed by atoms with Crippen molar-refractivity contribution in [2.24, 2.45) is 0 Å². The lowest BCUT2D eigenvalue weighted by molar-refractivity contribution is -0.136. The van der Waals surface area contributed by atoms with Crippen LogP contribution in [0.1, 0.15) is 26.3 Å². The largest absolute Gasteiger partial charge is 0.418 e. The van der Waals surface area contributed by atoms with Gasteiger partial charge in [0, 0.05) is 17.5 Å². The monoisotopic (exact) mass is 480 g/mol. The quantitative estimate of drug-likeness (QED) is 0.516. The number of carbonyl (C=O) groups is 2. The van der Waals surface area contributed by atoms with Crippen LogP contribution >= 0.6 is 0 Å². The summed E-state index contributed by atoms with van der Waals surface area (Å²) in [7, 11) is -3.51. The minimum Gasteiger partial charge on any atom is -0.322 e. The van der Waals surface area contributed by atoms with Gasteiger partial charge in [-0.15, -0.1) is 0 Å². The number of rotatable bonds is 5. The Bertz CT molecular complexity index is 1320. The second kappa shape index (κ2) is 9.02. The molecule has 3 rings (SSSR count). The molecule has 0 saturated heterocycles. The highest BCUT2D eigenvalue weighted by molar-refractivity contribution is 7.90. The van der Waals surface area contributed by atoms with Crippen LogP contribution in [0.25, 0.3) is 0 Å². The van der Waals surface area contributed by atoms with Gasteiger partial charge >= 0.3 is 6.18 Å². The first-order chi connectivity index (χ1) is 15.4. The van der Waals surface area contributed by atoms with Crippen LogP contribution in [0.4, 0.5) is 28.9 Å². The second-order valence-electron chi connectivity index (χ2n) is 6.94. The molecule has 3 aromatic carbocycles. The molecule has 172 valence electrons. The normalized spacial score (nSPS) is 11.7. The van der Waals surface area contributed by atoms with E-state index in [2.05, 4.69) is 10.6 Å². The van der Waals surface area contributed by atoms with Crippen molar-refractivity contribution in [2.45, 2.75) is 11.1 Å². The lowest BCUT2D eigenvalue weighted by Gasteiger charge is -2.16. The lowest BCUT2D eigenvalue weighted by atomic mass is 10.1. The first-order valence-corrected chi connectivity index (χ1v) is 11.1. The van der Waals surface area contributed by atoms with Gasteiger partial charge in [-0.25, -0.2) is 12.8 Å². The molecule has 0 spiro atoms. The Morgan fingerprint density at radius 2 is 1.48 bits per heavy atom. The molecule has 0 aliphatic carbocycles. The molecule has 2 N–H and O–H groups in total. The van der Waals surface area contributed by atoms with Gasteiger partial charge in [-0.1, -0.05) is 12.1 Å². The van der Waals surface area contributed by atoms with Crippen LogP contribution < -0.4 is 10.6 Å². The smallest absolute Gasteiger partial charge is 0.322 e. The highest BCUT2D eigenvalue weighted by Gasteiger charge is 2.34. The van der Waals surface area contributed by atoms with Crippen LogP contribution in [-0.4, -0.2) is 26.5 Å². The maximum atomic E-state index is 13.7. The fraction of sp³-hybridized carbons (Fsp3) is 0.0909. The number of hydrogen-bond acceptors (Lipinski definition) is 4. The Hall–Kier alpha value is -3.73. The van der Waals surface area contributed by atoms with Gasteiger partial charge in [0.25, 0.3) is 11.8 Å². The van der Waals surface area contributed by atoms with Gasteiger partial charge in [0.1, 0.15) is 5.82 Å². The first kappa shape index (κ1) is 23.9. The number of alkyl halides is 3. The number of sulfone groups is 1. The van der Waals surface area contributed by atoms with Gasteiger partial charge in [-0.05, 0) is 54.6 Å². The van der Waals surface area contributed by atoms with Crippen LogP contribution in [0.2, 0.25) is 0 Å². The zero-order chi connectivity index (χ0) is 24.4. The summed E-state index contributed by atoms with van der Waals surface area (Å²) in [5, 5.41) is 4.33. The minimum absolute atomic E-state index is 0.0509. The van der Waals surface area contributed by atoms with E-state index < -0.39 is 44.9 Å². The van der Waals surface area contributed by atoms with Crippen molar-refractivity contribution in [2.75, 3.05) is 16.9 Å². The van der Waals surface area contributed by atoms with Gasteiger partial charge in [-0.2, -0.15) is 13.2 Å². The van der Waals surface area contributed by atoms with Crippen LogP contribution in [0.15, 0.2) is 71.6 Å². The highest BCUT2D eigenvalue weighted by Crippen LogP contribution is 2.37. The summed E-state index contributed by atoms with van der Waals surface area (Å²) in [4.78, 5) is 24.5. The summed E-state index contributed by atoms with van der Waals surface area (Å²) in [6.45, 7) is 0. The Morgan fingerprint density at radius 3 is 2.06 bits per heavy atom. The zero-order valence-electron chi connectivity index (χ0n) is 16.9. The third-order valence-corrected chi connectivity index (χ3v) is 5.62. The van der Waals surface area contributed by atoms with Gasteiger partial charge in [0.2, 0.25) is 0 Å². The molecule has 33 heavy (non-hydrogen) atoms. The molecule has 3 aromatic rings. The number of anilines is 2. The number of hydrogen-bond donors (Lipinski definition) is 2. The molecule has 0 unspecified atom stereocenters. The molecule has 0 radical (unpaired) electrons. The topological polar surface area (TPSA) is 92.3 Å². The van der Waals surface area contributed by atoms with Crippen molar-refractivity contribution in [1.29, 1.82) is 0 Å². The van der Waals surface area contributed by atoms with Crippen molar-refractivity contribution >= 4 is 33.0 Å². The number of nitrogens with one attached hydrogen (secondary N) is 2.